The fourth-order valence-corrected chi connectivity index (χ4v) is 4.01. The highest BCUT2D eigenvalue weighted by Gasteiger charge is 2.48. The van der Waals surface area contributed by atoms with Gasteiger partial charge in [0.25, 0.3) is 5.91 Å². The number of benzene rings is 1. The van der Waals surface area contributed by atoms with Gasteiger partial charge in [-0.25, -0.2) is 0 Å². The molecule has 0 radical (unpaired) electrons. The van der Waals surface area contributed by atoms with Gasteiger partial charge in [0.2, 0.25) is 11.2 Å². The monoisotopic (exact) mass is 470 g/mol. The first-order valence-electron chi connectivity index (χ1n) is 11.2. The lowest BCUT2D eigenvalue weighted by Gasteiger charge is -2.31. The summed E-state index contributed by atoms with van der Waals surface area (Å²) in [6.07, 6.45) is 3.29. The summed E-state index contributed by atoms with van der Waals surface area (Å²) in [4.78, 5) is 44.2. The number of amides is 2. The highest BCUT2D eigenvalue weighted by atomic mass is 32.2. The molecule has 1 aliphatic heterocycles. The molecule has 8 heteroatoms. The van der Waals surface area contributed by atoms with Gasteiger partial charge in [-0.2, -0.15) is 0 Å². The lowest BCUT2D eigenvalue weighted by Crippen LogP contribution is -2.46. The summed E-state index contributed by atoms with van der Waals surface area (Å²) >= 11 is 1.07. The molecule has 1 N–H and O–H groups in total. The predicted molar refractivity (Wildman–Crippen MR) is 131 cm³/mol. The molecule has 33 heavy (non-hydrogen) atoms. The van der Waals surface area contributed by atoms with Crippen LogP contribution >= 0.6 is 0 Å². The molecule has 2 aromatic rings. The Hall–Kier alpha value is -2.87. The van der Waals surface area contributed by atoms with Crippen molar-refractivity contribution in [2.75, 3.05) is 23.8 Å². The van der Waals surface area contributed by atoms with E-state index in [4.69, 9.17) is 4.74 Å². The molecule has 2 amide bonds. The van der Waals surface area contributed by atoms with Gasteiger partial charge in [-0.15, -0.1) is 0 Å². The number of nitrogens with one attached hydrogen (secondary N) is 1. The highest BCUT2D eigenvalue weighted by Crippen LogP contribution is 2.32. The number of aromatic nitrogens is 1. The highest BCUT2D eigenvalue weighted by molar-refractivity contribution is 7.87. The van der Waals surface area contributed by atoms with E-state index in [9.17, 15) is 14.4 Å². The lowest BCUT2D eigenvalue weighted by molar-refractivity contribution is -0.143. The van der Waals surface area contributed by atoms with Crippen molar-refractivity contribution in [2.24, 2.45) is 0 Å². The van der Waals surface area contributed by atoms with E-state index in [1.54, 1.807) is 36.4 Å². The molecule has 0 unspecified atom stereocenters. The van der Waals surface area contributed by atoms with Crippen LogP contribution < -0.4 is 10.2 Å². The third-order valence-corrected chi connectivity index (χ3v) is 6.29. The Morgan fingerprint density at radius 1 is 1.21 bits per heavy atom. The van der Waals surface area contributed by atoms with E-state index in [1.807, 2.05) is 24.3 Å². The molecule has 3 rings (SSSR count). The zero-order valence-electron chi connectivity index (χ0n) is 19.6. The Morgan fingerprint density at radius 3 is 2.45 bits per heavy atom. The second kappa shape index (κ2) is 10.8. The van der Waals surface area contributed by atoms with Crippen molar-refractivity contribution in [3.8, 4) is 0 Å². The van der Waals surface area contributed by atoms with Gasteiger partial charge in [0.1, 0.15) is 6.04 Å². The molecule has 1 aromatic heterocycles. The smallest absolute Gasteiger partial charge is 0.307 e. The van der Waals surface area contributed by atoms with Gasteiger partial charge in [0, 0.05) is 30.2 Å². The lowest BCUT2D eigenvalue weighted by atomic mass is 9.87. The molecule has 2 atom stereocenters. The molecule has 7 nitrogen and oxygen atoms in total. The second-order valence-electron chi connectivity index (χ2n) is 8.92. The summed E-state index contributed by atoms with van der Waals surface area (Å²) in [7, 11) is 0. The van der Waals surface area contributed by atoms with Crippen LogP contribution in [0.3, 0.4) is 0 Å². The zero-order chi connectivity index (χ0) is 24.0. The molecule has 0 saturated carbocycles. The molecule has 1 aliphatic rings. The summed E-state index contributed by atoms with van der Waals surface area (Å²) < 4.78 is 4.94. The fourth-order valence-electron chi connectivity index (χ4n) is 3.47. The van der Waals surface area contributed by atoms with Crippen molar-refractivity contribution >= 4 is 35.2 Å². The number of hydrogen-bond donors (Lipinski definition) is 1. The van der Waals surface area contributed by atoms with E-state index in [-0.39, 0.29) is 41.4 Å². The first-order chi connectivity index (χ1) is 15.7. The number of hydrogen-bond acceptors (Lipinski definition) is 5. The van der Waals surface area contributed by atoms with E-state index in [1.165, 1.54) is 0 Å². The average Bonchev–Trinajstić information content (AvgIpc) is 3.63. The van der Waals surface area contributed by atoms with E-state index in [0.29, 0.717) is 17.9 Å². The Bertz CT molecular complexity index is 969. The van der Waals surface area contributed by atoms with Crippen molar-refractivity contribution in [1.82, 2.24) is 10.3 Å². The van der Waals surface area contributed by atoms with Crippen LogP contribution in [-0.4, -0.2) is 46.9 Å². The summed E-state index contributed by atoms with van der Waals surface area (Å²) in [6, 6.07) is 10.4. The van der Waals surface area contributed by atoms with Crippen molar-refractivity contribution in [3.05, 3.63) is 59.9 Å². The Labute approximate surface area is 199 Å². The van der Waals surface area contributed by atoms with Gasteiger partial charge in [-0.05, 0) is 47.9 Å². The van der Waals surface area contributed by atoms with Gasteiger partial charge >= 0.3 is 5.97 Å². The standard InChI is InChI=1S/C25H31N3O4S/c1-5-32-21(29)12-14-27-23(30)22(17-7-6-13-26-15-17)28(24(31)20-16-33-20)19-10-8-18(9-11-19)25(2,3)4/h6-11,13,15,20,22H,5,12,14,16H2,1-4H3,(H,27,30)/p+1/t20-,22+/m0/s1. The predicted octanol–water partition coefficient (Wildman–Crippen LogP) is 2.72. The first kappa shape index (κ1) is 24.8. The van der Waals surface area contributed by atoms with E-state index >= 15 is 0 Å². The third-order valence-electron chi connectivity index (χ3n) is 5.34. The van der Waals surface area contributed by atoms with Crippen LogP contribution in [0.25, 0.3) is 0 Å². The number of ether oxygens (including phenoxy) is 1. The van der Waals surface area contributed by atoms with Gasteiger partial charge in [-0.1, -0.05) is 39.0 Å². The Kier molecular flexibility index (Phi) is 8.13. The molecule has 0 bridgehead atoms. The molecule has 1 fully saturated rings. The molecule has 1 saturated heterocycles. The minimum atomic E-state index is -0.898. The first-order valence-corrected chi connectivity index (χ1v) is 12.3. The summed E-state index contributed by atoms with van der Waals surface area (Å²) in [5.41, 5.74) is 2.37. The quantitative estimate of drug-likeness (QED) is 0.264. The molecule has 0 aliphatic carbocycles. The summed E-state index contributed by atoms with van der Waals surface area (Å²) in [5, 5.41) is 2.69. The number of esters is 1. The molecule has 2 heterocycles. The van der Waals surface area contributed by atoms with Gasteiger partial charge in [0.15, 0.2) is 5.75 Å². The topological polar surface area (TPSA) is 88.6 Å². The van der Waals surface area contributed by atoms with E-state index < -0.39 is 6.04 Å². The fraction of sp³-hybridized carbons (Fsp3) is 0.440. The van der Waals surface area contributed by atoms with Crippen LogP contribution in [0.2, 0.25) is 0 Å². The Balaban J connectivity index is 1.93. The second-order valence-corrected chi connectivity index (χ2v) is 10.3. The Morgan fingerprint density at radius 2 is 1.91 bits per heavy atom. The number of anilines is 1. The normalized spacial score (nSPS) is 15.9. The van der Waals surface area contributed by atoms with Crippen LogP contribution in [0.5, 0.6) is 0 Å². The maximum atomic E-state index is 13.4. The molecule has 176 valence electrons. The minimum absolute atomic E-state index is 0.0320. The number of nitrogens with zero attached hydrogens (tertiary/aromatic N) is 2. The summed E-state index contributed by atoms with van der Waals surface area (Å²) in [5.74, 6) is -0.0368. The number of pyridine rings is 1. The van der Waals surface area contributed by atoms with Gasteiger partial charge in [0.05, 0.1) is 13.0 Å². The SMILES string of the molecule is CCOC(=O)CCNC(=O)[C@@H](c1cccnc1)N(C(=O)[C@@H]1C[SH+]1)c1ccc(C(C)(C)C)cc1. The van der Waals surface area contributed by atoms with Crippen molar-refractivity contribution < 1.29 is 19.1 Å². The minimum Gasteiger partial charge on any atom is -0.466 e. The van der Waals surface area contributed by atoms with Gasteiger partial charge in [-0.3, -0.25) is 24.3 Å². The van der Waals surface area contributed by atoms with Crippen LogP contribution in [0.15, 0.2) is 48.8 Å². The largest absolute Gasteiger partial charge is 0.466 e. The zero-order valence-corrected chi connectivity index (χ0v) is 20.5. The summed E-state index contributed by atoms with van der Waals surface area (Å²) in [6.45, 7) is 8.54. The average molecular weight is 471 g/mol. The van der Waals surface area contributed by atoms with Crippen LogP contribution in [-0.2, 0) is 36.3 Å². The van der Waals surface area contributed by atoms with Crippen molar-refractivity contribution in [2.45, 2.75) is 50.8 Å². The van der Waals surface area contributed by atoms with Crippen molar-refractivity contribution in [3.63, 3.8) is 0 Å². The molecule has 0 spiro atoms. The van der Waals surface area contributed by atoms with E-state index in [0.717, 1.165) is 23.1 Å². The molecule has 1 aromatic carbocycles. The number of thiol groups is 1. The molecular weight excluding hydrogens is 438 g/mol. The van der Waals surface area contributed by atoms with E-state index in [2.05, 4.69) is 31.1 Å². The van der Waals surface area contributed by atoms with Crippen LogP contribution in [0.4, 0.5) is 5.69 Å². The number of carbonyl (C=O) groups is 3. The van der Waals surface area contributed by atoms with Crippen LogP contribution in [0.1, 0.15) is 51.3 Å². The maximum absolute atomic E-state index is 13.4. The molecular formula is C25H32N3O4S+. The van der Waals surface area contributed by atoms with Crippen molar-refractivity contribution in [1.29, 1.82) is 0 Å². The number of carbonyl (C=O) groups excluding carboxylic acids is 3. The van der Waals surface area contributed by atoms with Gasteiger partial charge < -0.3 is 10.1 Å². The third kappa shape index (κ3) is 6.57. The number of rotatable bonds is 9. The maximum Gasteiger partial charge on any atom is 0.307 e. The van der Waals surface area contributed by atoms with Crippen LogP contribution in [0, 0.1) is 0 Å².